The number of hydrogen-bond donors (Lipinski definition) is 2. The zero-order valence-electron chi connectivity index (χ0n) is 16.3. The maximum absolute atomic E-state index is 12.8. The van der Waals surface area contributed by atoms with Crippen molar-refractivity contribution >= 4 is 29.8 Å². The van der Waals surface area contributed by atoms with Crippen molar-refractivity contribution in [1.29, 1.82) is 0 Å². The van der Waals surface area contributed by atoms with Gasteiger partial charge >= 0.3 is 18.0 Å². The molecule has 0 saturated heterocycles. The lowest BCUT2D eigenvalue weighted by Gasteiger charge is -2.35. The van der Waals surface area contributed by atoms with Gasteiger partial charge in [0.2, 0.25) is 0 Å². The van der Waals surface area contributed by atoms with E-state index in [1.165, 1.54) is 0 Å². The lowest BCUT2D eigenvalue weighted by atomic mass is 9.92. The summed E-state index contributed by atoms with van der Waals surface area (Å²) in [4.78, 5) is 37.3. The van der Waals surface area contributed by atoms with Gasteiger partial charge in [-0.2, -0.15) is 4.42 Å². The highest BCUT2D eigenvalue weighted by atomic mass is 35.5. The quantitative estimate of drug-likeness (QED) is 0.276. The van der Waals surface area contributed by atoms with Crippen LogP contribution in [0.2, 0.25) is 0 Å². The smallest absolute Gasteiger partial charge is 0.426 e. The monoisotopic (exact) mass is 414 g/mol. The molecule has 0 saturated carbocycles. The number of ether oxygens (including phenoxy) is 2. The van der Waals surface area contributed by atoms with Gasteiger partial charge in [0.15, 0.2) is 0 Å². The molecule has 1 aromatic carbocycles. The molecule has 3 N–H and O–H groups in total. The van der Waals surface area contributed by atoms with Crippen molar-refractivity contribution in [2.75, 3.05) is 6.54 Å². The first-order valence-electron chi connectivity index (χ1n) is 8.88. The standard InChI is InChI=1S/C19H27ClN2O6/c1-18(2,3)28-16(25)19(15(23)24,11-7-8-12-21)22(20)17(26)27-13-14-9-5-4-6-10-14/h4-6,9-10H,7-8,11-13,21H2,1-3H3,(H,23,24)/t19-/m0/s1. The Bertz CT molecular complexity index is 677. The van der Waals surface area contributed by atoms with Crippen molar-refractivity contribution < 1.29 is 29.0 Å². The molecule has 0 aromatic heterocycles. The highest BCUT2D eigenvalue weighted by Crippen LogP contribution is 2.30. The number of esters is 1. The summed E-state index contributed by atoms with van der Waals surface area (Å²) < 4.78 is 10.6. The fourth-order valence-electron chi connectivity index (χ4n) is 2.38. The maximum Gasteiger partial charge on any atom is 0.426 e. The lowest BCUT2D eigenvalue weighted by Crippen LogP contribution is -2.60. The third-order valence-electron chi connectivity index (χ3n) is 3.78. The number of amides is 1. The lowest BCUT2D eigenvalue weighted by molar-refractivity contribution is -0.175. The number of hydrogen-bond acceptors (Lipinski definition) is 6. The van der Waals surface area contributed by atoms with Crippen LogP contribution in [0.25, 0.3) is 0 Å². The highest BCUT2D eigenvalue weighted by molar-refractivity contribution is 6.26. The highest BCUT2D eigenvalue weighted by Gasteiger charge is 2.56. The first kappa shape index (κ1) is 23.7. The number of halogens is 1. The molecule has 8 nitrogen and oxygen atoms in total. The fraction of sp³-hybridized carbons (Fsp3) is 0.526. The molecule has 0 spiro atoms. The molecule has 9 heteroatoms. The van der Waals surface area contributed by atoms with E-state index >= 15 is 0 Å². The Morgan fingerprint density at radius 1 is 1.14 bits per heavy atom. The van der Waals surface area contributed by atoms with Crippen LogP contribution in [-0.4, -0.2) is 45.2 Å². The number of carbonyl (C=O) groups is 3. The zero-order valence-corrected chi connectivity index (χ0v) is 17.1. The molecule has 0 unspecified atom stereocenters. The molecular weight excluding hydrogens is 388 g/mol. The van der Waals surface area contributed by atoms with E-state index < -0.39 is 29.2 Å². The number of carboxylic acids is 1. The van der Waals surface area contributed by atoms with Gasteiger partial charge in [-0.25, -0.2) is 14.4 Å². The van der Waals surface area contributed by atoms with E-state index in [1.807, 2.05) is 0 Å². The Labute approximate surface area is 169 Å². The van der Waals surface area contributed by atoms with Crippen molar-refractivity contribution in [3.63, 3.8) is 0 Å². The Kier molecular flexibility index (Phi) is 8.71. The predicted octanol–water partition coefficient (Wildman–Crippen LogP) is 3.07. The first-order valence-corrected chi connectivity index (χ1v) is 9.22. The average molecular weight is 415 g/mol. The second kappa shape index (κ2) is 10.3. The number of unbranched alkanes of at least 4 members (excludes halogenated alkanes) is 1. The van der Waals surface area contributed by atoms with Gasteiger partial charge < -0.3 is 20.3 Å². The Hall–Kier alpha value is -2.32. The molecular formula is C19H27ClN2O6. The molecule has 0 heterocycles. The summed E-state index contributed by atoms with van der Waals surface area (Å²) in [6, 6.07) is 8.78. The average Bonchev–Trinajstić information content (AvgIpc) is 2.62. The van der Waals surface area contributed by atoms with E-state index in [4.69, 9.17) is 27.0 Å². The van der Waals surface area contributed by atoms with Crippen molar-refractivity contribution in [2.45, 2.75) is 57.8 Å². The molecule has 1 atom stereocenters. The van der Waals surface area contributed by atoms with Crippen LogP contribution >= 0.6 is 11.8 Å². The Balaban J connectivity index is 3.10. The van der Waals surface area contributed by atoms with Crippen molar-refractivity contribution in [1.82, 2.24) is 4.42 Å². The van der Waals surface area contributed by atoms with Gasteiger partial charge in [-0.1, -0.05) is 30.3 Å². The van der Waals surface area contributed by atoms with Crippen LogP contribution in [0.5, 0.6) is 0 Å². The zero-order chi connectivity index (χ0) is 21.4. The van der Waals surface area contributed by atoms with Crippen LogP contribution in [0.15, 0.2) is 30.3 Å². The van der Waals surface area contributed by atoms with Crippen molar-refractivity contribution in [3.05, 3.63) is 35.9 Å². The number of benzene rings is 1. The summed E-state index contributed by atoms with van der Waals surface area (Å²) in [5, 5.41) is 9.83. The molecule has 1 amide bonds. The molecule has 156 valence electrons. The van der Waals surface area contributed by atoms with Crippen LogP contribution in [0.1, 0.15) is 45.6 Å². The fourth-order valence-corrected chi connectivity index (χ4v) is 2.65. The van der Waals surface area contributed by atoms with E-state index in [0.29, 0.717) is 18.5 Å². The number of nitrogens with zero attached hydrogens (tertiary/aromatic N) is 1. The number of rotatable bonds is 9. The minimum absolute atomic E-state index is 0.129. The summed E-state index contributed by atoms with van der Waals surface area (Å²) >= 11 is 6.06. The number of carbonyl (C=O) groups excluding carboxylic acids is 2. The third kappa shape index (κ3) is 6.38. The second-order valence-corrected chi connectivity index (χ2v) is 7.57. The molecule has 0 aliphatic rings. The van der Waals surface area contributed by atoms with Crippen LogP contribution < -0.4 is 5.73 Å². The molecule has 0 aliphatic heterocycles. The van der Waals surface area contributed by atoms with Crippen LogP contribution in [-0.2, 0) is 25.7 Å². The molecule has 1 aromatic rings. The number of aliphatic carboxylic acids is 1. The Morgan fingerprint density at radius 2 is 1.75 bits per heavy atom. The first-order chi connectivity index (χ1) is 13.0. The van der Waals surface area contributed by atoms with Gasteiger partial charge in [0, 0.05) is 11.8 Å². The summed E-state index contributed by atoms with van der Waals surface area (Å²) in [7, 11) is 0. The summed E-state index contributed by atoms with van der Waals surface area (Å²) in [6.07, 6.45) is -0.733. The van der Waals surface area contributed by atoms with E-state index in [0.717, 1.165) is 0 Å². The van der Waals surface area contributed by atoms with Gasteiger partial charge in [0.25, 0.3) is 5.54 Å². The molecule has 0 bridgehead atoms. The minimum atomic E-state index is -2.43. The molecule has 28 heavy (non-hydrogen) atoms. The largest absolute Gasteiger partial charge is 0.479 e. The third-order valence-corrected chi connectivity index (χ3v) is 4.21. The second-order valence-electron chi connectivity index (χ2n) is 7.23. The normalized spacial score (nSPS) is 13.3. The summed E-state index contributed by atoms with van der Waals surface area (Å²) in [5.74, 6) is -2.75. The van der Waals surface area contributed by atoms with E-state index in [1.54, 1.807) is 51.1 Å². The molecule has 1 rings (SSSR count). The van der Waals surface area contributed by atoms with Gasteiger partial charge in [-0.3, -0.25) is 0 Å². The maximum atomic E-state index is 12.8. The minimum Gasteiger partial charge on any atom is -0.479 e. The van der Waals surface area contributed by atoms with Crippen molar-refractivity contribution in [3.8, 4) is 0 Å². The van der Waals surface area contributed by atoms with E-state index in [9.17, 15) is 19.5 Å². The van der Waals surface area contributed by atoms with E-state index in [-0.39, 0.29) is 23.9 Å². The van der Waals surface area contributed by atoms with Crippen LogP contribution in [0.3, 0.4) is 0 Å². The van der Waals surface area contributed by atoms with Gasteiger partial charge in [-0.15, -0.1) is 0 Å². The van der Waals surface area contributed by atoms with Gasteiger partial charge in [0.1, 0.15) is 12.2 Å². The molecule has 0 fully saturated rings. The van der Waals surface area contributed by atoms with Gasteiger partial charge in [-0.05, 0) is 52.1 Å². The number of nitrogens with two attached hydrogens (primary N) is 1. The van der Waals surface area contributed by atoms with Crippen LogP contribution in [0, 0.1) is 0 Å². The van der Waals surface area contributed by atoms with Crippen LogP contribution in [0.4, 0.5) is 4.79 Å². The molecule has 0 aliphatic carbocycles. The van der Waals surface area contributed by atoms with Crippen molar-refractivity contribution in [2.24, 2.45) is 5.73 Å². The summed E-state index contributed by atoms with van der Waals surface area (Å²) in [5.41, 5.74) is 2.73. The Morgan fingerprint density at radius 3 is 2.25 bits per heavy atom. The topological polar surface area (TPSA) is 119 Å². The number of carboxylic acid groups (broad SMARTS) is 1. The van der Waals surface area contributed by atoms with E-state index in [2.05, 4.69) is 0 Å². The van der Waals surface area contributed by atoms with Gasteiger partial charge in [0.05, 0.1) is 0 Å². The summed E-state index contributed by atoms with van der Waals surface area (Å²) in [6.45, 7) is 4.93. The SMILES string of the molecule is CC(C)(C)OC(=O)[C@](CCCCN)(C(=O)O)N(Cl)C(=O)OCc1ccccc1. The molecule has 0 radical (unpaired) electrons. The predicted molar refractivity (Wildman–Crippen MR) is 103 cm³/mol.